The Hall–Kier alpha value is -3.94. The summed E-state index contributed by atoms with van der Waals surface area (Å²) in [6.07, 6.45) is 1.82. The van der Waals surface area contributed by atoms with E-state index in [4.69, 9.17) is 21.1 Å². The highest BCUT2D eigenvalue weighted by Gasteiger charge is 2.33. The van der Waals surface area contributed by atoms with Crippen LogP contribution in [0, 0.1) is 6.92 Å². The zero-order valence-electron chi connectivity index (χ0n) is 21.8. The number of fused-ring (bicyclic) bond motifs is 1. The van der Waals surface area contributed by atoms with Crippen LogP contribution in [0.5, 0.6) is 5.75 Å². The normalized spacial score (nSPS) is 15.1. The van der Waals surface area contributed by atoms with Crippen molar-refractivity contribution in [3.05, 3.63) is 131 Å². The van der Waals surface area contributed by atoms with Crippen molar-refractivity contribution in [2.24, 2.45) is 4.99 Å². The summed E-state index contributed by atoms with van der Waals surface area (Å²) in [5.74, 6) is 0.191. The molecule has 4 aromatic rings. The number of nitrogens with zero attached hydrogens (tertiary/aromatic N) is 2. The zero-order chi connectivity index (χ0) is 27.5. The lowest BCUT2D eigenvalue weighted by Crippen LogP contribution is -2.39. The maximum atomic E-state index is 13.8. The third-order valence-corrected chi connectivity index (χ3v) is 7.77. The second-order valence-corrected chi connectivity index (χ2v) is 10.6. The van der Waals surface area contributed by atoms with Gasteiger partial charge in [0.1, 0.15) is 12.4 Å². The molecular weight excluding hydrogens is 532 g/mol. The molecule has 0 amide bonds. The average Bonchev–Trinajstić information content (AvgIpc) is 3.22. The average molecular weight is 559 g/mol. The number of aryl methyl sites for hydroxylation is 1. The first kappa shape index (κ1) is 26.7. The molecule has 1 aliphatic rings. The molecule has 0 saturated carbocycles. The highest BCUT2D eigenvalue weighted by molar-refractivity contribution is 7.07. The van der Waals surface area contributed by atoms with E-state index in [0.29, 0.717) is 38.0 Å². The Bertz CT molecular complexity index is 1750. The van der Waals surface area contributed by atoms with Gasteiger partial charge in [-0.3, -0.25) is 9.36 Å². The number of hydrogen-bond acceptors (Lipinski definition) is 6. The Balaban J connectivity index is 1.55. The SMILES string of the molecule is CCOC(=O)C1=C(C)N=c2s/c(=C\c3cccc(OCc4ccccc4Cl)c3)c(=O)n2[C@H]1c1ccc(C)cc1. The molecule has 0 aliphatic carbocycles. The number of ether oxygens (including phenoxy) is 2. The maximum absolute atomic E-state index is 13.8. The summed E-state index contributed by atoms with van der Waals surface area (Å²) in [6, 6.07) is 22.3. The maximum Gasteiger partial charge on any atom is 0.338 e. The van der Waals surface area contributed by atoms with Crippen molar-refractivity contribution in [1.29, 1.82) is 0 Å². The second kappa shape index (κ2) is 11.4. The number of esters is 1. The fraction of sp³-hybridized carbons (Fsp3) is 0.194. The molecule has 2 heterocycles. The van der Waals surface area contributed by atoms with Gasteiger partial charge in [0.2, 0.25) is 0 Å². The zero-order valence-corrected chi connectivity index (χ0v) is 23.4. The van der Waals surface area contributed by atoms with E-state index in [1.54, 1.807) is 18.4 Å². The Morgan fingerprint density at radius 3 is 2.59 bits per heavy atom. The first-order valence-corrected chi connectivity index (χ1v) is 13.8. The molecule has 1 aromatic heterocycles. The van der Waals surface area contributed by atoms with Crippen molar-refractivity contribution >= 4 is 35.0 Å². The van der Waals surface area contributed by atoms with E-state index in [9.17, 15) is 9.59 Å². The summed E-state index contributed by atoms with van der Waals surface area (Å²) in [7, 11) is 0. The van der Waals surface area contributed by atoms with E-state index in [2.05, 4.69) is 4.99 Å². The molecule has 1 atom stereocenters. The molecule has 0 radical (unpaired) electrons. The van der Waals surface area contributed by atoms with Crippen molar-refractivity contribution in [3.8, 4) is 5.75 Å². The van der Waals surface area contributed by atoms with Gasteiger partial charge < -0.3 is 9.47 Å². The van der Waals surface area contributed by atoms with Crippen LogP contribution in [-0.2, 0) is 16.1 Å². The summed E-state index contributed by atoms with van der Waals surface area (Å²) >= 11 is 7.55. The lowest BCUT2D eigenvalue weighted by Gasteiger charge is -2.24. The van der Waals surface area contributed by atoms with Crippen LogP contribution in [0.2, 0.25) is 5.02 Å². The number of carbonyl (C=O) groups is 1. The fourth-order valence-corrected chi connectivity index (χ4v) is 5.71. The van der Waals surface area contributed by atoms with Crippen molar-refractivity contribution in [2.75, 3.05) is 6.61 Å². The first-order chi connectivity index (χ1) is 18.9. The molecular formula is C31H27ClN2O4S. The van der Waals surface area contributed by atoms with Crippen LogP contribution in [-0.4, -0.2) is 17.1 Å². The van der Waals surface area contributed by atoms with Crippen LogP contribution in [0.15, 0.2) is 93.9 Å². The van der Waals surface area contributed by atoms with Crippen molar-refractivity contribution in [3.63, 3.8) is 0 Å². The number of aromatic nitrogens is 1. The van der Waals surface area contributed by atoms with E-state index < -0.39 is 12.0 Å². The number of benzene rings is 3. The van der Waals surface area contributed by atoms with Crippen LogP contribution in [0.25, 0.3) is 6.08 Å². The van der Waals surface area contributed by atoms with Crippen LogP contribution < -0.4 is 19.6 Å². The van der Waals surface area contributed by atoms with Gasteiger partial charge in [-0.15, -0.1) is 0 Å². The molecule has 5 rings (SSSR count). The van der Waals surface area contributed by atoms with Gasteiger partial charge in [-0.25, -0.2) is 9.79 Å². The molecule has 39 heavy (non-hydrogen) atoms. The predicted molar refractivity (Wildman–Crippen MR) is 154 cm³/mol. The van der Waals surface area contributed by atoms with E-state index in [1.807, 2.05) is 85.8 Å². The van der Waals surface area contributed by atoms with Crippen molar-refractivity contribution in [2.45, 2.75) is 33.4 Å². The Morgan fingerprint density at radius 2 is 1.85 bits per heavy atom. The van der Waals surface area contributed by atoms with Crippen LogP contribution in [0.3, 0.4) is 0 Å². The van der Waals surface area contributed by atoms with Gasteiger partial charge in [-0.2, -0.15) is 0 Å². The van der Waals surface area contributed by atoms with E-state index in [1.165, 1.54) is 11.3 Å². The highest BCUT2D eigenvalue weighted by atomic mass is 35.5. The molecule has 0 saturated heterocycles. The number of allylic oxidation sites excluding steroid dienone is 1. The van der Waals surface area contributed by atoms with Crippen molar-refractivity contribution < 1.29 is 14.3 Å². The van der Waals surface area contributed by atoms with Gasteiger partial charge in [0.25, 0.3) is 5.56 Å². The van der Waals surface area contributed by atoms with E-state index >= 15 is 0 Å². The number of halogens is 1. The Morgan fingerprint density at radius 1 is 1.08 bits per heavy atom. The molecule has 0 spiro atoms. The molecule has 3 aromatic carbocycles. The van der Waals surface area contributed by atoms with E-state index in [0.717, 1.165) is 22.3 Å². The Labute approximate surface area is 235 Å². The monoisotopic (exact) mass is 558 g/mol. The quantitative estimate of drug-likeness (QED) is 0.287. The molecule has 198 valence electrons. The second-order valence-electron chi connectivity index (χ2n) is 9.17. The van der Waals surface area contributed by atoms with E-state index in [-0.39, 0.29) is 12.2 Å². The predicted octanol–water partition coefficient (Wildman–Crippen LogP) is 5.34. The summed E-state index contributed by atoms with van der Waals surface area (Å²) in [5.41, 5.74) is 4.30. The number of carbonyl (C=O) groups excluding carboxylic acids is 1. The standard InChI is InChI=1S/C31H27ClN2O4S/c1-4-37-30(36)27-20(3)33-31-34(28(27)22-14-12-19(2)13-15-22)29(35)26(39-31)17-21-8-7-10-24(16-21)38-18-23-9-5-6-11-25(23)32/h5-17,28H,4,18H2,1-3H3/b26-17-/t28-/m0/s1. The lowest BCUT2D eigenvalue weighted by molar-refractivity contribution is -0.139. The molecule has 8 heteroatoms. The minimum Gasteiger partial charge on any atom is -0.489 e. The van der Waals surface area contributed by atoms with Gasteiger partial charge in [0, 0.05) is 10.6 Å². The minimum absolute atomic E-state index is 0.221. The van der Waals surface area contributed by atoms with Crippen LogP contribution in [0.4, 0.5) is 0 Å². The van der Waals surface area contributed by atoms with Crippen molar-refractivity contribution in [1.82, 2.24) is 4.57 Å². The topological polar surface area (TPSA) is 69.9 Å². The number of hydrogen-bond donors (Lipinski definition) is 0. The van der Waals surface area contributed by atoms with Gasteiger partial charge in [-0.05, 0) is 56.2 Å². The Kier molecular flexibility index (Phi) is 7.82. The molecule has 0 fully saturated rings. The first-order valence-electron chi connectivity index (χ1n) is 12.6. The van der Waals surface area contributed by atoms with Gasteiger partial charge >= 0.3 is 5.97 Å². The molecule has 1 aliphatic heterocycles. The molecule has 6 nitrogen and oxygen atoms in total. The lowest BCUT2D eigenvalue weighted by atomic mass is 9.95. The molecule has 0 unspecified atom stereocenters. The summed E-state index contributed by atoms with van der Waals surface area (Å²) in [5, 5.41) is 0.648. The third kappa shape index (κ3) is 5.60. The largest absolute Gasteiger partial charge is 0.489 e. The number of thiazole rings is 1. The summed E-state index contributed by atoms with van der Waals surface area (Å²) < 4.78 is 13.4. The smallest absolute Gasteiger partial charge is 0.338 e. The van der Waals surface area contributed by atoms with Gasteiger partial charge in [0.05, 0.1) is 28.5 Å². The molecule has 0 N–H and O–H groups in total. The fourth-order valence-electron chi connectivity index (χ4n) is 4.48. The number of rotatable bonds is 7. The summed E-state index contributed by atoms with van der Waals surface area (Å²) in [6.45, 7) is 6.10. The third-order valence-electron chi connectivity index (χ3n) is 6.42. The summed E-state index contributed by atoms with van der Waals surface area (Å²) in [4.78, 5) is 32.0. The van der Waals surface area contributed by atoms with Gasteiger partial charge in [0.15, 0.2) is 4.80 Å². The van der Waals surface area contributed by atoms with Gasteiger partial charge in [-0.1, -0.05) is 83.1 Å². The van der Waals surface area contributed by atoms with Crippen LogP contribution in [0.1, 0.15) is 42.1 Å². The molecule has 0 bridgehead atoms. The van der Waals surface area contributed by atoms with Crippen LogP contribution >= 0.6 is 22.9 Å². The highest BCUT2D eigenvalue weighted by Crippen LogP contribution is 2.31. The minimum atomic E-state index is -0.631.